The molecule has 8 nitrogen and oxygen atoms in total. The van der Waals surface area contributed by atoms with Crippen molar-refractivity contribution in [3.63, 3.8) is 0 Å². The first kappa shape index (κ1) is 21.5. The number of carbonyl (C=O) groups is 2. The number of rotatable bonds is 8. The van der Waals surface area contributed by atoms with Crippen LogP contribution in [0.5, 0.6) is 0 Å². The second kappa shape index (κ2) is 9.10. The van der Waals surface area contributed by atoms with Crippen molar-refractivity contribution in [3.8, 4) is 0 Å². The lowest BCUT2D eigenvalue weighted by Crippen LogP contribution is -2.30. The van der Waals surface area contributed by atoms with E-state index in [1.165, 1.54) is 31.2 Å². The summed E-state index contributed by atoms with van der Waals surface area (Å²) in [4.78, 5) is 27.4. The SMILES string of the molecule is C[C@@H](OC(=O)CCCc1c[nH]c2ccccc12)C(=O)Nc1ccc(S(N)(=O)=O)cc1. The molecule has 0 unspecified atom stereocenters. The summed E-state index contributed by atoms with van der Waals surface area (Å²) < 4.78 is 27.7. The van der Waals surface area contributed by atoms with E-state index < -0.39 is 28.0 Å². The number of hydrogen-bond donors (Lipinski definition) is 3. The third-order valence-corrected chi connectivity index (χ3v) is 5.56. The normalized spacial score (nSPS) is 12.5. The van der Waals surface area contributed by atoms with E-state index in [0.717, 1.165) is 22.9 Å². The van der Waals surface area contributed by atoms with Crippen molar-refractivity contribution in [2.24, 2.45) is 5.14 Å². The molecule has 0 aliphatic carbocycles. The molecule has 2 aromatic carbocycles. The molecule has 0 aliphatic rings. The third kappa shape index (κ3) is 5.46. The van der Waals surface area contributed by atoms with Gasteiger partial charge in [-0.2, -0.15) is 0 Å². The number of aromatic nitrogens is 1. The maximum Gasteiger partial charge on any atom is 0.306 e. The summed E-state index contributed by atoms with van der Waals surface area (Å²) in [6, 6.07) is 13.3. The molecule has 1 amide bonds. The highest BCUT2D eigenvalue weighted by Gasteiger charge is 2.18. The first-order chi connectivity index (χ1) is 14.2. The van der Waals surface area contributed by atoms with Gasteiger partial charge in [0.15, 0.2) is 6.10 Å². The summed E-state index contributed by atoms with van der Waals surface area (Å²) in [6.07, 6.45) is 2.47. The van der Waals surface area contributed by atoms with Gasteiger partial charge >= 0.3 is 5.97 Å². The van der Waals surface area contributed by atoms with E-state index in [9.17, 15) is 18.0 Å². The third-order valence-electron chi connectivity index (χ3n) is 4.63. The molecule has 1 heterocycles. The Hall–Kier alpha value is -3.17. The minimum Gasteiger partial charge on any atom is -0.453 e. The largest absolute Gasteiger partial charge is 0.453 e. The van der Waals surface area contributed by atoms with Crippen LogP contribution in [0.2, 0.25) is 0 Å². The Bertz CT molecular complexity index is 1150. The standard InChI is InChI=1S/C21H23N3O5S/c1-14(21(26)24-16-9-11-17(12-10-16)30(22,27)28)29-20(25)8-4-5-15-13-23-19-7-3-2-6-18(15)19/h2-3,6-7,9-14,23H,4-5,8H2,1H3,(H,24,26)(H2,22,27,28)/t14-/m1/s1. The van der Waals surface area contributed by atoms with Gasteiger partial charge in [0, 0.05) is 29.2 Å². The van der Waals surface area contributed by atoms with Gasteiger partial charge in [0.2, 0.25) is 10.0 Å². The van der Waals surface area contributed by atoms with Gasteiger partial charge in [0.05, 0.1) is 4.90 Å². The van der Waals surface area contributed by atoms with Crippen LogP contribution >= 0.6 is 0 Å². The second-order valence-corrected chi connectivity index (χ2v) is 8.47. The fraction of sp³-hybridized carbons (Fsp3) is 0.238. The minimum absolute atomic E-state index is 0.0600. The number of para-hydroxylation sites is 1. The molecule has 0 radical (unpaired) electrons. The monoisotopic (exact) mass is 429 g/mol. The van der Waals surface area contributed by atoms with Gasteiger partial charge in [0.1, 0.15) is 0 Å². The first-order valence-electron chi connectivity index (χ1n) is 9.42. The average Bonchev–Trinajstić information content (AvgIpc) is 3.11. The van der Waals surface area contributed by atoms with Gasteiger partial charge in [-0.25, -0.2) is 13.6 Å². The molecule has 9 heteroatoms. The van der Waals surface area contributed by atoms with Crippen molar-refractivity contribution in [2.75, 3.05) is 5.32 Å². The molecule has 0 spiro atoms. The highest BCUT2D eigenvalue weighted by Crippen LogP contribution is 2.19. The number of benzene rings is 2. The van der Waals surface area contributed by atoms with E-state index >= 15 is 0 Å². The Kier molecular flexibility index (Phi) is 6.53. The fourth-order valence-electron chi connectivity index (χ4n) is 3.04. The lowest BCUT2D eigenvalue weighted by molar-refractivity contribution is -0.153. The van der Waals surface area contributed by atoms with Gasteiger partial charge in [0.25, 0.3) is 5.91 Å². The lowest BCUT2D eigenvalue weighted by Gasteiger charge is -2.13. The van der Waals surface area contributed by atoms with Crippen molar-refractivity contribution < 1.29 is 22.7 Å². The molecular formula is C21H23N3O5S. The van der Waals surface area contributed by atoms with E-state index in [2.05, 4.69) is 10.3 Å². The number of fused-ring (bicyclic) bond motifs is 1. The van der Waals surface area contributed by atoms with E-state index in [4.69, 9.17) is 9.88 Å². The summed E-state index contributed by atoms with van der Waals surface area (Å²) in [6.45, 7) is 1.48. The van der Waals surface area contributed by atoms with Crippen LogP contribution in [0.3, 0.4) is 0 Å². The molecule has 0 aliphatic heterocycles. The maximum absolute atomic E-state index is 12.2. The van der Waals surface area contributed by atoms with Crippen LogP contribution in [0.4, 0.5) is 5.69 Å². The van der Waals surface area contributed by atoms with Crippen molar-refractivity contribution >= 4 is 38.5 Å². The average molecular weight is 429 g/mol. The number of sulfonamides is 1. The van der Waals surface area contributed by atoms with Crippen molar-refractivity contribution in [3.05, 3.63) is 60.3 Å². The molecule has 1 aromatic heterocycles. The number of primary sulfonamides is 1. The molecule has 0 bridgehead atoms. The van der Waals surface area contributed by atoms with Gasteiger partial charge < -0.3 is 15.0 Å². The van der Waals surface area contributed by atoms with E-state index in [1.54, 1.807) is 0 Å². The zero-order valence-electron chi connectivity index (χ0n) is 16.4. The Morgan fingerprint density at radius 3 is 2.53 bits per heavy atom. The van der Waals surface area contributed by atoms with E-state index in [0.29, 0.717) is 12.1 Å². The van der Waals surface area contributed by atoms with Crippen LogP contribution in [0.25, 0.3) is 10.9 Å². The van der Waals surface area contributed by atoms with Crippen LogP contribution in [0.15, 0.2) is 59.6 Å². The first-order valence-corrected chi connectivity index (χ1v) is 11.0. The number of amides is 1. The van der Waals surface area contributed by atoms with Crippen LogP contribution in [-0.2, 0) is 30.8 Å². The Morgan fingerprint density at radius 1 is 1.13 bits per heavy atom. The van der Waals surface area contributed by atoms with Crippen molar-refractivity contribution in [1.29, 1.82) is 0 Å². The lowest BCUT2D eigenvalue weighted by atomic mass is 10.1. The van der Waals surface area contributed by atoms with Crippen LogP contribution in [0.1, 0.15) is 25.3 Å². The predicted octanol–water partition coefficient (Wildman–Crippen LogP) is 2.71. The molecule has 4 N–H and O–H groups in total. The summed E-state index contributed by atoms with van der Waals surface area (Å²) in [5, 5.41) is 8.73. The molecule has 158 valence electrons. The number of H-pyrrole nitrogens is 1. The van der Waals surface area contributed by atoms with E-state index in [1.807, 2.05) is 30.5 Å². The Balaban J connectivity index is 1.46. The fourth-order valence-corrected chi connectivity index (χ4v) is 3.56. The van der Waals surface area contributed by atoms with Crippen LogP contribution < -0.4 is 10.5 Å². The maximum atomic E-state index is 12.2. The number of anilines is 1. The Labute approximate surface area is 174 Å². The molecule has 1 atom stereocenters. The molecular weight excluding hydrogens is 406 g/mol. The number of nitrogens with two attached hydrogens (primary N) is 1. The smallest absolute Gasteiger partial charge is 0.306 e. The summed E-state index contributed by atoms with van der Waals surface area (Å²) in [5.41, 5.74) is 2.55. The topological polar surface area (TPSA) is 131 Å². The minimum atomic E-state index is -3.80. The highest BCUT2D eigenvalue weighted by atomic mass is 32.2. The number of nitrogens with one attached hydrogen (secondary N) is 2. The molecule has 3 rings (SSSR count). The Morgan fingerprint density at radius 2 is 1.83 bits per heavy atom. The predicted molar refractivity (Wildman–Crippen MR) is 113 cm³/mol. The summed E-state index contributed by atoms with van der Waals surface area (Å²) in [7, 11) is -3.80. The number of ether oxygens (including phenoxy) is 1. The van der Waals surface area contributed by atoms with E-state index in [-0.39, 0.29) is 11.3 Å². The number of aromatic amines is 1. The number of carbonyl (C=O) groups excluding carboxylic acids is 2. The van der Waals surface area contributed by atoms with Gasteiger partial charge in [-0.3, -0.25) is 9.59 Å². The highest BCUT2D eigenvalue weighted by molar-refractivity contribution is 7.89. The van der Waals surface area contributed by atoms with Gasteiger partial charge in [-0.1, -0.05) is 18.2 Å². The number of esters is 1. The van der Waals surface area contributed by atoms with Crippen molar-refractivity contribution in [2.45, 2.75) is 37.2 Å². The molecule has 0 fully saturated rings. The zero-order valence-corrected chi connectivity index (χ0v) is 17.2. The summed E-state index contributed by atoms with van der Waals surface area (Å²) >= 11 is 0. The molecule has 3 aromatic rings. The molecule has 0 saturated heterocycles. The van der Waals surface area contributed by atoms with Gasteiger partial charge in [-0.05, 0) is 55.7 Å². The molecule has 0 saturated carbocycles. The second-order valence-electron chi connectivity index (χ2n) is 6.90. The summed E-state index contributed by atoms with van der Waals surface area (Å²) in [5.74, 6) is -0.967. The van der Waals surface area contributed by atoms with Crippen LogP contribution in [0, 0.1) is 0 Å². The van der Waals surface area contributed by atoms with Gasteiger partial charge in [-0.15, -0.1) is 0 Å². The van der Waals surface area contributed by atoms with Crippen LogP contribution in [-0.4, -0.2) is 31.4 Å². The zero-order chi connectivity index (χ0) is 21.7. The quantitative estimate of drug-likeness (QED) is 0.474. The number of aryl methyl sites for hydroxylation is 1. The number of hydrogen-bond acceptors (Lipinski definition) is 5. The van der Waals surface area contributed by atoms with Crippen molar-refractivity contribution in [1.82, 2.24) is 4.98 Å². The molecule has 30 heavy (non-hydrogen) atoms.